The van der Waals surface area contributed by atoms with E-state index >= 15 is 0 Å². The second-order valence-electron chi connectivity index (χ2n) is 5.56. The Morgan fingerprint density at radius 1 is 1.08 bits per heavy atom. The molecule has 124 valence electrons. The standard InChI is InChI=1S/C18H12N2O5/c1-25-17(23)9-6-7-13(21)12(8-9)14-15-10-4-2-3-5-11(10)16(22)20(15)18(24)19-14/h2-8,21H,1H3,(H,19,24). The predicted octanol–water partition coefficient (Wildman–Crippen LogP) is 2.00. The first kappa shape index (κ1) is 14.9. The van der Waals surface area contributed by atoms with Crippen molar-refractivity contribution in [2.45, 2.75) is 0 Å². The van der Waals surface area contributed by atoms with Gasteiger partial charge in [0.2, 0.25) is 0 Å². The molecule has 0 saturated carbocycles. The lowest BCUT2D eigenvalue weighted by atomic mass is 10.0. The molecule has 25 heavy (non-hydrogen) atoms. The van der Waals surface area contributed by atoms with E-state index in [1.165, 1.54) is 25.3 Å². The highest BCUT2D eigenvalue weighted by atomic mass is 16.5. The van der Waals surface area contributed by atoms with E-state index in [9.17, 15) is 19.5 Å². The minimum atomic E-state index is -0.603. The molecular formula is C18H12N2O5. The highest BCUT2D eigenvalue weighted by Gasteiger charge is 2.32. The molecule has 1 aliphatic heterocycles. The first-order valence-corrected chi connectivity index (χ1v) is 7.43. The van der Waals surface area contributed by atoms with E-state index in [1.54, 1.807) is 24.3 Å². The molecule has 0 aliphatic carbocycles. The number of phenolic OH excluding ortho intramolecular Hbond substituents is 1. The summed E-state index contributed by atoms with van der Waals surface area (Å²) < 4.78 is 5.72. The number of carbonyl (C=O) groups is 2. The number of nitrogens with zero attached hydrogens (tertiary/aromatic N) is 1. The van der Waals surface area contributed by atoms with Crippen LogP contribution in [0.5, 0.6) is 5.75 Å². The van der Waals surface area contributed by atoms with E-state index in [0.717, 1.165) is 4.57 Å². The Morgan fingerprint density at radius 3 is 2.52 bits per heavy atom. The zero-order valence-corrected chi connectivity index (χ0v) is 13.1. The van der Waals surface area contributed by atoms with Gasteiger partial charge < -0.3 is 14.8 Å². The number of aromatic amines is 1. The molecule has 0 unspecified atom stereocenters. The number of H-pyrrole nitrogens is 1. The van der Waals surface area contributed by atoms with Crippen molar-refractivity contribution in [3.63, 3.8) is 0 Å². The predicted molar refractivity (Wildman–Crippen MR) is 88.7 cm³/mol. The van der Waals surface area contributed by atoms with Crippen LogP contribution in [0.4, 0.5) is 0 Å². The molecule has 2 N–H and O–H groups in total. The smallest absolute Gasteiger partial charge is 0.337 e. The maximum absolute atomic E-state index is 12.5. The van der Waals surface area contributed by atoms with Gasteiger partial charge in [0.05, 0.1) is 24.1 Å². The number of esters is 1. The monoisotopic (exact) mass is 336 g/mol. The fourth-order valence-corrected chi connectivity index (χ4v) is 3.06. The van der Waals surface area contributed by atoms with Crippen molar-refractivity contribution >= 4 is 11.9 Å². The number of aromatic hydroxyl groups is 1. The van der Waals surface area contributed by atoms with Crippen molar-refractivity contribution in [1.29, 1.82) is 0 Å². The van der Waals surface area contributed by atoms with Crippen molar-refractivity contribution in [2.75, 3.05) is 7.11 Å². The number of carbonyl (C=O) groups excluding carboxylic acids is 2. The molecule has 1 aromatic heterocycles. The minimum Gasteiger partial charge on any atom is -0.507 e. The molecule has 0 radical (unpaired) electrons. The van der Waals surface area contributed by atoms with Crippen LogP contribution in [0.2, 0.25) is 0 Å². The second-order valence-corrected chi connectivity index (χ2v) is 5.56. The number of nitrogens with one attached hydrogen (secondary N) is 1. The molecule has 2 aromatic carbocycles. The van der Waals surface area contributed by atoms with Gasteiger partial charge in [-0.2, -0.15) is 0 Å². The van der Waals surface area contributed by atoms with Crippen molar-refractivity contribution < 1.29 is 19.4 Å². The fraction of sp³-hybridized carbons (Fsp3) is 0.0556. The molecule has 2 heterocycles. The minimum absolute atomic E-state index is 0.130. The van der Waals surface area contributed by atoms with Gasteiger partial charge in [0.15, 0.2) is 0 Å². The first-order chi connectivity index (χ1) is 12.0. The summed E-state index contributed by atoms with van der Waals surface area (Å²) in [4.78, 5) is 39.1. The summed E-state index contributed by atoms with van der Waals surface area (Å²) in [5.74, 6) is -1.13. The molecule has 0 saturated heterocycles. The van der Waals surface area contributed by atoms with Crippen molar-refractivity contribution in [2.24, 2.45) is 0 Å². The molecule has 0 spiro atoms. The molecule has 7 heteroatoms. The fourth-order valence-electron chi connectivity index (χ4n) is 3.06. The highest BCUT2D eigenvalue weighted by molar-refractivity contribution is 6.11. The van der Waals surface area contributed by atoms with Crippen LogP contribution in [-0.4, -0.2) is 33.6 Å². The first-order valence-electron chi connectivity index (χ1n) is 7.43. The third-order valence-corrected chi connectivity index (χ3v) is 4.20. The lowest BCUT2D eigenvalue weighted by Gasteiger charge is -2.07. The number of ether oxygens (including phenoxy) is 1. The van der Waals surface area contributed by atoms with Crippen LogP contribution < -0.4 is 5.69 Å². The number of hydrogen-bond acceptors (Lipinski definition) is 5. The lowest BCUT2D eigenvalue weighted by molar-refractivity contribution is 0.0600. The van der Waals surface area contributed by atoms with Crippen molar-refractivity contribution in [3.05, 3.63) is 64.1 Å². The van der Waals surface area contributed by atoms with E-state index in [-0.39, 0.29) is 22.6 Å². The summed E-state index contributed by atoms with van der Waals surface area (Å²) in [5, 5.41) is 10.2. The maximum atomic E-state index is 12.5. The Hall–Kier alpha value is -3.61. The number of phenols is 1. The number of hydrogen-bond donors (Lipinski definition) is 2. The summed E-state index contributed by atoms with van der Waals surface area (Å²) in [7, 11) is 1.25. The van der Waals surface area contributed by atoms with Crippen LogP contribution >= 0.6 is 0 Å². The van der Waals surface area contributed by atoms with Crippen LogP contribution in [-0.2, 0) is 4.74 Å². The van der Waals surface area contributed by atoms with Crippen molar-refractivity contribution in [3.8, 4) is 28.3 Å². The summed E-state index contributed by atoms with van der Waals surface area (Å²) in [6, 6.07) is 11.0. The third kappa shape index (κ3) is 2.02. The van der Waals surface area contributed by atoms with Gasteiger partial charge in [-0.3, -0.25) is 4.79 Å². The molecular weight excluding hydrogens is 324 g/mol. The molecule has 1 aliphatic rings. The number of imidazole rings is 1. The summed E-state index contributed by atoms with van der Waals surface area (Å²) in [6.07, 6.45) is 0. The average molecular weight is 336 g/mol. The average Bonchev–Trinajstić information content (AvgIpc) is 3.12. The molecule has 7 nitrogen and oxygen atoms in total. The van der Waals surface area contributed by atoms with Crippen LogP contribution in [0, 0.1) is 0 Å². The van der Waals surface area contributed by atoms with Gasteiger partial charge in [0.1, 0.15) is 5.75 Å². The third-order valence-electron chi connectivity index (χ3n) is 4.20. The topological polar surface area (TPSA) is 101 Å². The Kier molecular flexibility index (Phi) is 3.11. The van der Waals surface area contributed by atoms with E-state index < -0.39 is 17.6 Å². The number of benzene rings is 2. The van der Waals surface area contributed by atoms with Gasteiger partial charge >= 0.3 is 11.7 Å². The van der Waals surface area contributed by atoms with E-state index in [4.69, 9.17) is 0 Å². The van der Waals surface area contributed by atoms with E-state index in [2.05, 4.69) is 9.72 Å². The van der Waals surface area contributed by atoms with Crippen molar-refractivity contribution in [1.82, 2.24) is 9.55 Å². The number of fused-ring (bicyclic) bond motifs is 3. The Bertz CT molecular complexity index is 1110. The molecule has 4 rings (SSSR count). The molecule has 0 fully saturated rings. The van der Waals surface area contributed by atoms with Gasteiger partial charge in [-0.25, -0.2) is 14.2 Å². The van der Waals surface area contributed by atoms with Gasteiger partial charge in [-0.15, -0.1) is 0 Å². The molecule has 3 aromatic rings. The quantitative estimate of drug-likeness (QED) is 0.545. The summed E-state index contributed by atoms with van der Waals surface area (Å²) in [5.41, 5.74) is 1.48. The highest BCUT2D eigenvalue weighted by Crippen LogP contribution is 2.40. The second kappa shape index (κ2) is 5.20. The maximum Gasteiger partial charge on any atom is 0.337 e. The van der Waals surface area contributed by atoms with Gasteiger partial charge in [0, 0.05) is 16.7 Å². The molecule has 0 atom stereocenters. The normalized spacial score (nSPS) is 12.0. The van der Waals surface area contributed by atoms with Gasteiger partial charge in [0.25, 0.3) is 5.91 Å². The number of rotatable bonds is 2. The van der Waals surface area contributed by atoms with E-state index in [0.29, 0.717) is 16.8 Å². The van der Waals surface area contributed by atoms with Crippen LogP contribution in [0.1, 0.15) is 20.7 Å². The van der Waals surface area contributed by atoms with Crippen LogP contribution in [0.15, 0.2) is 47.3 Å². The Balaban J connectivity index is 2.01. The lowest BCUT2D eigenvalue weighted by Crippen LogP contribution is -2.21. The zero-order valence-electron chi connectivity index (χ0n) is 13.1. The largest absolute Gasteiger partial charge is 0.507 e. The molecule has 0 bridgehead atoms. The molecule has 0 amide bonds. The van der Waals surface area contributed by atoms with Gasteiger partial charge in [-0.1, -0.05) is 18.2 Å². The Labute approximate surface area is 141 Å². The van der Waals surface area contributed by atoms with E-state index in [1.807, 2.05) is 0 Å². The Morgan fingerprint density at radius 2 is 1.80 bits per heavy atom. The zero-order chi connectivity index (χ0) is 17.7. The summed E-state index contributed by atoms with van der Waals surface area (Å²) >= 11 is 0. The van der Waals surface area contributed by atoms with Gasteiger partial charge in [-0.05, 0) is 24.3 Å². The number of aromatic nitrogens is 2. The SMILES string of the molecule is COC(=O)c1ccc(O)c(-c2[nH]c(=O)n3c2-c2ccccc2C3=O)c1. The van der Waals surface area contributed by atoms with Crippen LogP contribution in [0.3, 0.4) is 0 Å². The summed E-state index contributed by atoms with van der Waals surface area (Å²) in [6.45, 7) is 0. The van der Waals surface area contributed by atoms with Crippen LogP contribution in [0.25, 0.3) is 22.5 Å². The number of methoxy groups -OCH3 is 1.